The molecule has 0 bridgehead atoms. The van der Waals surface area contributed by atoms with Crippen LogP contribution in [0, 0.1) is 0 Å². The Morgan fingerprint density at radius 1 is 1.04 bits per heavy atom. The van der Waals surface area contributed by atoms with Gasteiger partial charge in [-0.25, -0.2) is 0 Å². The minimum absolute atomic E-state index is 0.110. The first-order valence-corrected chi connectivity index (χ1v) is 8.55. The molecule has 6 nitrogen and oxygen atoms in total. The topological polar surface area (TPSA) is 75.7 Å². The van der Waals surface area contributed by atoms with Crippen molar-refractivity contribution in [2.75, 3.05) is 12.4 Å². The summed E-state index contributed by atoms with van der Waals surface area (Å²) in [4.78, 5) is 37.5. The Labute approximate surface area is 161 Å². The van der Waals surface area contributed by atoms with Crippen molar-refractivity contribution in [2.45, 2.75) is 13.5 Å². The van der Waals surface area contributed by atoms with Gasteiger partial charge in [-0.15, -0.1) is 0 Å². The van der Waals surface area contributed by atoms with E-state index in [1.54, 1.807) is 55.6 Å². The van der Waals surface area contributed by atoms with Gasteiger partial charge in [-0.3, -0.25) is 19.3 Å². The quantitative estimate of drug-likeness (QED) is 0.803. The van der Waals surface area contributed by atoms with Crippen LogP contribution in [-0.2, 0) is 20.9 Å². The minimum atomic E-state index is -0.529. The van der Waals surface area contributed by atoms with E-state index in [1.807, 2.05) is 0 Å². The zero-order valence-electron chi connectivity index (χ0n) is 14.8. The van der Waals surface area contributed by atoms with Crippen LogP contribution in [0.2, 0.25) is 0 Å². The molecular formula is C20H17ClN2O4. The van der Waals surface area contributed by atoms with Crippen LogP contribution in [-0.4, -0.2) is 29.7 Å². The molecule has 0 aromatic heterocycles. The van der Waals surface area contributed by atoms with E-state index in [1.165, 1.54) is 6.92 Å². The molecule has 0 saturated heterocycles. The molecule has 0 unspecified atom stereocenters. The second-order valence-corrected chi connectivity index (χ2v) is 6.37. The van der Waals surface area contributed by atoms with E-state index in [2.05, 4.69) is 5.32 Å². The van der Waals surface area contributed by atoms with Gasteiger partial charge in [0.2, 0.25) is 5.91 Å². The zero-order valence-corrected chi connectivity index (χ0v) is 15.5. The van der Waals surface area contributed by atoms with Gasteiger partial charge in [-0.2, -0.15) is 0 Å². The number of carbonyl (C=O) groups excluding carboxylic acids is 3. The predicted molar refractivity (Wildman–Crippen MR) is 102 cm³/mol. The van der Waals surface area contributed by atoms with Gasteiger partial charge < -0.3 is 10.1 Å². The number of nitrogens with zero attached hydrogens (tertiary/aromatic N) is 1. The van der Waals surface area contributed by atoms with Crippen LogP contribution in [0.25, 0.3) is 5.57 Å². The van der Waals surface area contributed by atoms with Gasteiger partial charge in [-0.1, -0.05) is 35.9 Å². The number of nitrogens with one attached hydrogen (secondary N) is 1. The van der Waals surface area contributed by atoms with E-state index in [4.69, 9.17) is 16.3 Å². The van der Waals surface area contributed by atoms with Crippen molar-refractivity contribution in [1.82, 2.24) is 4.90 Å². The molecule has 3 amide bonds. The fraction of sp³-hybridized carbons (Fsp3) is 0.150. The maximum Gasteiger partial charge on any atom is 0.273 e. The van der Waals surface area contributed by atoms with Gasteiger partial charge in [0.15, 0.2) is 0 Å². The van der Waals surface area contributed by atoms with Gasteiger partial charge >= 0.3 is 0 Å². The zero-order chi connectivity index (χ0) is 19.6. The summed E-state index contributed by atoms with van der Waals surface area (Å²) in [5.41, 5.74) is 2.05. The number of amides is 3. The number of hydrogen-bond acceptors (Lipinski definition) is 4. The van der Waals surface area contributed by atoms with Crippen LogP contribution >= 0.6 is 11.6 Å². The number of imide groups is 1. The molecule has 7 heteroatoms. The number of ether oxygens (including phenoxy) is 1. The first-order chi connectivity index (χ1) is 12.9. The summed E-state index contributed by atoms with van der Waals surface area (Å²) in [6.07, 6.45) is 0. The summed E-state index contributed by atoms with van der Waals surface area (Å²) >= 11 is 6.17. The SMILES string of the molecule is COc1ccc(CN2C(=O)C(Cl)=C(c3ccc(NC(C)=O)cc3)C2=O)cc1. The Hall–Kier alpha value is -3.12. The van der Waals surface area contributed by atoms with Gasteiger partial charge in [0.1, 0.15) is 10.8 Å². The van der Waals surface area contributed by atoms with Crippen LogP contribution < -0.4 is 10.1 Å². The second kappa shape index (κ2) is 7.63. The molecule has 0 fully saturated rings. The molecule has 0 radical (unpaired) electrons. The fourth-order valence-electron chi connectivity index (χ4n) is 2.78. The Bertz CT molecular complexity index is 933. The lowest BCUT2D eigenvalue weighted by atomic mass is 10.1. The Kier molecular flexibility index (Phi) is 5.28. The van der Waals surface area contributed by atoms with Crippen molar-refractivity contribution in [3.8, 4) is 5.75 Å². The van der Waals surface area contributed by atoms with Crippen LogP contribution in [0.1, 0.15) is 18.1 Å². The van der Waals surface area contributed by atoms with Crippen molar-refractivity contribution in [2.24, 2.45) is 0 Å². The predicted octanol–water partition coefficient (Wildman–Crippen LogP) is 3.17. The minimum Gasteiger partial charge on any atom is -0.497 e. The van der Waals surface area contributed by atoms with Crippen molar-refractivity contribution in [1.29, 1.82) is 0 Å². The highest BCUT2D eigenvalue weighted by Gasteiger charge is 2.38. The molecule has 27 heavy (non-hydrogen) atoms. The van der Waals surface area contributed by atoms with Gasteiger partial charge in [0.25, 0.3) is 11.8 Å². The highest BCUT2D eigenvalue weighted by molar-refractivity contribution is 6.55. The molecule has 1 N–H and O–H groups in total. The highest BCUT2D eigenvalue weighted by atomic mass is 35.5. The lowest BCUT2D eigenvalue weighted by Crippen LogP contribution is -2.30. The van der Waals surface area contributed by atoms with E-state index in [0.29, 0.717) is 17.0 Å². The standard InChI is InChI=1S/C20H17ClN2O4/c1-12(24)22-15-7-5-14(6-8-15)17-18(21)20(26)23(19(17)25)11-13-3-9-16(27-2)10-4-13/h3-10H,11H2,1-2H3,(H,22,24). The molecule has 1 heterocycles. The van der Waals surface area contributed by atoms with E-state index in [0.717, 1.165) is 10.5 Å². The molecular weight excluding hydrogens is 368 g/mol. The Morgan fingerprint density at radius 2 is 1.67 bits per heavy atom. The maximum absolute atomic E-state index is 12.8. The van der Waals surface area contributed by atoms with Crippen LogP contribution in [0.3, 0.4) is 0 Å². The highest BCUT2D eigenvalue weighted by Crippen LogP contribution is 2.33. The third kappa shape index (κ3) is 3.85. The average molecular weight is 385 g/mol. The Morgan fingerprint density at radius 3 is 2.22 bits per heavy atom. The monoisotopic (exact) mass is 384 g/mol. The first kappa shape index (κ1) is 18.7. The van der Waals surface area contributed by atoms with Gasteiger partial charge in [-0.05, 0) is 35.4 Å². The largest absolute Gasteiger partial charge is 0.497 e. The number of methoxy groups -OCH3 is 1. The van der Waals surface area contributed by atoms with Crippen molar-refractivity contribution < 1.29 is 19.1 Å². The van der Waals surface area contributed by atoms with Crippen LogP contribution in [0.15, 0.2) is 53.6 Å². The number of carbonyl (C=O) groups is 3. The smallest absolute Gasteiger partial charge is 0.273 e. The van der Waals surface area contributed by atoms with Crippen molar-refractivity contribution in [3.63, 3.8) is 0 Å². The number of rotatable bonds is 5. The normalized spacial score (nSPS) is 14.0. The molecule has 2 aromatic carbocycles. The molecule has 3 rings (SSSR count). The van der Waals surface area contributed by atoms with Crippen molar-refractivity contribution >= 4 is 40.6 Å². The molecule has 0 atom stereocenters. The van der Waals surface area contributed by atoms with Gasteiger partial charge in [0.05, 0.1) is 19.2 Å². The number of benzene rings is 2. The molecule has 0 aliphatic carbocycles. The molecule has 138 valence electrons. The lowest BCUT2D eigenvalue weighted by molar-refractivity contribution is -0.137. The van der Waals surface area contributed by atoms with E-state index < -0.39 is 11.8 Å². The first-order valence-electron chi connectivity index (χ1n) is 8.17. The maximum atomic E-state index is 12.8. The van der Waals surface area contributed by atoms with Gasteiger partial charge in [0, 0.05) is 12.6 Å². The molecule has 2 aromatic rings. The summed E-state index contributed by atoms with van der Waals surface area (Å²) in [6.45, 7) is 1.52. The lowest BCUT2D eigenvalue weighted by Gasteiger charge is -2.15. The third-order valence-electron chi connectivity index (χ3n) is 4.11. The summed E-state index contributed by atoms with van der Waals surface area (Å²) in [5, 5.41) is 2.53. The average Bonchev–Trinajstić information content (AvgIpc) is 2.86. The van der Waals surface area contributed by atoms with Crippen LogP contribution in [0.4, 0.5) is 5.69 Å². The summed E-state index contributed by atoms with van der Waals surface area (Å²) in [6, 6.07) is 13.7. The van der Waals surface area contributed by atoms with E-state index in [9.17, 15) is 14.4 Å². The molecule has 1 aliphatic rings. The summed E-state index contributed by atoms with van der Waals surface area (Å²) < 4.78 is 5.10. The number of anilines is 1. The second-order valence-electron chi connectivity index (χ2n) is 5.99. The molecule has 0 saturated carbocycles. The third-order valence-corrected chi connectivity index (χ3v) is 4.46. The van der Waals surface area contributed by atoms with E-state index in [-0.39, 0.29) is 23.1 Å². The van der Waals surface area contributed by atoms with E-state index >= 15 is 0 Å². The molecule has 0 spiro atoms. The van der Waals surface area contributed by atoms with Crippen LogP contribution in [0.5, 0.6) is 5.75 Å². The fourth-order valence-corrected chi connectivity index (χ4v) is 3.07. The summed E-state index contributed by atoms with van der Waals surface area (Å²) in [5.74, 6) is -0.488. The number of hydrogen-bond donors (Lipinski definition) is 1. The number of halogens is 1. The molecule has 1 aliphatic heterocycles. The summed E-state index contributed by atoms with van der Waals surface area (Å²) in [7, 11) is 1.57. The Balaban J connectivity index is 1.81. The van der Waals surface area contributed by atoms with Crippen molar-refractivity contribution in [3.05, 3.63) is 64.7 Å².